The summed E-state index contributed by atoms with van der Waals surface area (Å²) >= 11 is 0. The van der Waals surface area contributed by atoms with Crippen molar-refractivity contribution in [3.8, 4) is 11.4 Å². The van der Waals surface area contributed by atoms with Crippen LogP contribution in [0.2, 0.25) is 0 Å². The minimum atomic E-state index is 0.227. The average Bonchev–Trinajstić information content (AvgIpc) is 3.38. The van der Waals surface area contributed by atoms with E-state index in [2.05, 4.69) is 20.0 Å². The molecule has 2 fully saturated rings. The molecule has 0 radical (unpaired) electrons. The van der Waals surface area contributed by atoms with Crippen molar-refractivity contribution in [1.82, 2.24) is 25.1 Å². The number of ether oxygens (including phenoxy) is 1. The first-order chi connectivity index (χ1) is 13.3. The topological polar surface area (TPSA) is 116 Å². The Morgan fingerprint density at radius 3 is 2.52 bits per heavy atom. The molecule has 0 unspecified atom stereocenters. The molecule has 1 aliphatic heterocycles. The molecule has 1 aliphatic carbocycles. The average molecular weight is 367 g/mol. The van der Waals surface area contributed by atoms with Crippen LogP contribution in [0.25, 0.3) is 22.5 Å². The van der Waals surface area contributed by atoms with Gasteiger partial charge in [-0.1, -0.05) is 18.0 Å². The summed E-state index contributed by atoms with van der Waals surface area (Å²) in [6, 6.07) is 0. The van der Waals surface area contributed by atoms with E-state index < -0.39 is 0 Å². The molecule has 0 spiro atoms. The number of anilines is 2. The number of fused-ring (bicyclic) bond motifs is 1. The Morgan fingerprint density at radius 2 is 1.78 bits per heavy atom. The third-order valence-electron chi connectivity index (χ3n) is 5.31. The zero-order chi connectivity index (χ0) is 18.2. The number of aromatic nitrogens is 5. The lowest BCUT2D eigenvalue weighted by molar-refractivity contribution is 0.122. The molecule has 5 rings (SSSR count). The summed E-state index contributed by atoms with van der Waals surface area (Å²) in [4.78, 5) is 19.9. The van der Waals surface area contributed by atoms with E-state index in [9.17, 15) is 0 Å². The van der Waals surface area contributed by atoms with Crippen LogP contribution < -0.4 is 10.6 Å². The third-order valence-corrected chi connectivity index (χ3v) is 5.31. The molecule has 9 nitrogen and oxygen atoms in total. The summed E-state index contributed by atoms with van der Waals surface area (Å²) in [5.74, 6) is 1.94. The molecule has 3 aromatic heterocycles. The lowest BCUT2D eigenvalue weighted by atomic mass is 10.0. The highest BCUT2D eigenvalue weighted by Crippen LogP contribution is 2.39. The van der Waals surface area contributed by atoms with Gasteiger partial charge in [-0.05, 0) is 12.8 Å². The minimum absolute atomic E-state index is 0.227. The minimum Gasteiger partial charge on any atom is -0.378 e. The molecule has 1 saturated carbocycles. The molecule has 4 heterocycles. The van der Waals surface area contributed by atoms with E-state index in [1.165, 1.54) is 12.8 Å². The van der Waals surface area contributed by atoms with Crippen LogP contribution in [0.15, 0.2) is 16.9 Å². The number of hydrogen-bond acceptors (Lipinski definition) is 9. The molecule has 2 aliphatic rings. The van der Waals surface area contributed by atoms with Gasteiger partial charge in [0.25, 0.3) is 0 Å². The molecule has 0 aromatic carbocycles. The van der Waals surface area contributed by atoms with Gasteiger partial charge in [-0.25, -0.2) is 19.9 Å². The van der Waals surface area contributed by atoms with Gasteiger partial charge >= 0.3 is 0 Å². The quantitative estimate of drug-likeness (QED) is 0.743. The number of hydrogen-bond donors (Lipinski definition) is 1. The Morgan fingerprint density at radius 1 is 1.04 bits per heavy atom. The summed E-state index contributed by atoms with van der Waals surface area (Å²) in [7, 11) is 0. The lowest BCUT2D eigenvalue weighted by Gasteiger charge is -2.27. The van der Waals surface area contributed by atoms with E-state index in [0.29, 0.717) is 30.5 Å². The van der Waals surface area contributed by atoms with Crippen molar-refractivity contribution < 1.29 is 9.26 Å². The first-order valence-corrected chi connectivity index (χ1v) is 9.37. The molecule has 2 N–H and O–H groups in total. The standard InChI is InChI=1S/C18H21N7O2/c19-18-20-9-12(10-21-18)16-22-14-13(11-3-1-2-4-11)24-27-15(14)17(23-16)25-5-7-26-8-6-25/h9-11H,1-8H2,(H2,19,20,21). The van der Waals surface area contributed by atoms with Gasteiger partial charge in [0, 0.05) is 31.4 Å². The van der Waals surface area contributed by atoms with E-state index in [-0.39, 0.29) is 5.95 Å². The highest BCUT2D eigenvalue weighted by Gasteiger charge is 2.28. The summed E-state index contributed by atoms with van der Waals surface area (Å²) in [6.45, 7) is 2.83. The van der Waals surface area contributed by atoms with Gasteiger partial charge < -0.3 is 19.9 Å². The third kappa shape index (κ3) is 2.97. The number of morpholine rings is 1. The van der Waals surface area contributed by atoms with Gasteiger partial charge in [0.2, 0.25) is 11.5 Å². The van der Waals surface area contributed by atoms with Crippen LogP contribution in [0.4, 0.5) is 11.8 Å². The molecular weight excluding hydrogens is 346 g/mol. The van der Waals surface area contributed by atoms with Crippen LogP contribution in [0, 0.1) is 0 Å². The van der Waals surface area contributed by atoms with Crippen LogP contribution in [0.3, 0.4) is 0 Å². The van der Waals surface area contributed by atoms with E-state index in [1.54, 1.807) is 12.4 Å². The number of nitrogens with two attached hydrogens (primary N) is 1. The van der Waals surface area contributed by atoms with Crippen LogP contribution in [-0.4, -0.2) is 51.4 Å². The Bertz CT molecular complexity index is 944. The summed E-state index contributed by atoms with van der Waals surface area (Å²) in [6.07, 6.45) is 7.99. The summed E-state index contributed by atoms with van der Waals surface area (Å²) in [5.41, 5.74) is 8.73. The summed E-state index contributed by atoms with van der Waals surface area (Å²) in [5, 5.41) is 4.40. The lowest BCUT2D eigenvalue weighted by Crippen LogP contribution is -2.37. The molecule has 9 heteroatoms. The summed E-state index contributed by atoms with van der Waals surface area (Å²) < 4.78 is 11.2. The van der Waals surface area contributed by atoms with Gasteiger partial charge in [0.05, 0.1) is 18.8 Å². The van der Waals surface area contributed by atoms with Gasteiger partial charge in [0.15, 0.2) is 11.6 Å². The second-order valence-corrected chi connectivity index (χ2v) is 7.03. The van der Waals surface area contributed by atoms with Gasteiger partial charge in [-0.3, -0.25) is 0 Å². The largest absolute Gasteiger partial charge is 0.378 e. The Labute approximate surface area is 156 Å². The first-order valence-electron chi connectivity index (χ1n) is 9.37. The zero-order valence-corrected chi connectivity index (χ0v) is 15.0. The first kappa shape index (κ1) is 16.4. The molecule has 1 saturated heterocycles. The van der Waals surface area contributed by atoms with Crippen LogP contribution in [0.1, 0.15) is 37.3 Å². The predicted molar refractivity (Wildman–Crippen MR) is 99.3 cm³/mol. The highest BCUT2D eigenvalue weighted by atomic mass is 16.5. The van der Waals surface area contributed by atoms with Crippen molar-refractivity contribution in [2.75, 3.05) is 36.9 Å². The van der Waals surface area contributed by atoms with Gasteiger partial charge in [-0.2, -0.15) is 0 Å². The van der Waals surface area contributed by atoms with Crippen molar-refractivity contribution in [2.24, 2.45) is 0 Å². The van der Waals surface area contributed by atoms with E-state index in [4.69, 9.17) is 25.0 Å². The second-order valence-electron chi connectivity index (χ2n) is 7.03. The second kappa shape index (κ2) is 6.73. The number of nitrogens with zero attached hydrogens (tertiary/aromatic N) is 6. The van der Waals surface area contributed by atoms with Crippen LogP contribution >= 0.6 is 0 Å². The Kier molecular flexibility index (Phi) is 4.08. The SMILES string of the molecule is Nc1ncc(-c2nc(N3CCOCC3)c3onc(C4CCCC4)c3n2)cn1. The van der Waals surface area contributed by atoms with Gasteiger partial charge in [-0.15, -0.1) is 0 Å². The zero-order valence-electron chi connectivity index (χ0n) is 15.0. The fraction of sp³-hybridized carbons (Fsp3) is 0.500. The molecular formula is C18H21N7O2. The smallest absolute Gasteiger partial charge is 0.227 e. The molecule has 140 valence electrons. The fourth-order valence-electron chi connectivity index (χ4n) is 3.87. The van der Waals surface area contributed by atoms with Crippen molar-refractivity contribution >= 4 is 22.9 Å². The van der Waals surface area contributed by atoms with Crippen LogP contribution in [0.5, 0.6) is 0 Å². The molecule has 27 heavy (non-hydrogen) atoms. The molecule has 0 atom stereocenters. The fourth-order valence-corrected chi connectivity index (χ4v) is 3.87. The van der Waals surface area contributed by atoms with Crippen molar-refractivity contribution in [1.29, 1.82) is 0 Å². The van der Waals surface area contributed by atoms with Gasteiger partial charge in [0.1, 0.15) is 11.2 Å². The predicted octanol–water partition coefficient (Wildman–Crippen LogP) is 2.15. The van der Waals surface area contributed by atoms with E-state index >= 15 is 0 Å². The maximum Gasteiger partial charge on any atom is 0.227 e. The number of rotatable bonds is 3. The Balaban J connectivity index is 1.67. The molecule has 0 bridgehead atoms. The van der Waals surface area contributed by atoms with Crippen molar-refractivity contribution in [2.45, 2.75) is 31.6 Å². The van der Waals surface area contributed by atoms with Crippen LogP contribution in [-0.2, 0) is 4.74 Å². The maximum absolute atomic E-state index is 5.75. The van der Waals surface area contributed by atoms with Crippen molar-refractivity contribution in [3.63, 3.8) is 0 Å². The Hall–Kier alpha value is -2.81. The molecule has 3 aromatic rings. The maximum atomic E-state index is 5.75. The monoisotopic (exact) mass is 367 g/mol. The highest BCUT2D eigenvalue weighted by molar-refractivity contribution is 5.87. The van der Waals surface area contributed by atoms with E-state index in [0.717, 1.165) is 48.5 Å². The molecule has 0 amide bonds. The van der Waals surface area contributed by atoms with Crippen molar-refractivity contribution in [3.05, 3.63) is 18.1 Å². The number of nitrogen functional groups attached to an aromatic ring is 1. The van der Waals surface area contributed by atoms with E-state index in [1.807, 2.05) is 0 Å². The normalized spacial score (nSPS) is 18.4.